The summed E-state index contributed by atoms with van der Waals surface area (Å²) in [7, 11) is 0. The summed E-state index contributed by atoms with van der Waals surface area (Å²) in [5.74, 6) is 0. The standard InChI is InChI=1S/C19H20ClNO2/c20-19(22,12-14-5-3-4-10-21-14)13-8-9-16-15-6-1-2-7-17(15)23-18(16)11-13/h1-2,6-9,11,14,21-22H,3-5,10,12H2. The molecule has 2 aromatic carbocycles. The lowest BCUT2D eigenvalue weighted by molar-refractivity contribution is 0.0992. The van der Waals surface area contributed by atoms with E-state index in [0.29, 0.717) is 12.0 Å². The molecule has 1 saturated heterocycles. The van der Waals surface area contributed by atoms with Gasteiger partial charge in [-0.25, -0.2) is 0 Å². The molecule has 1 aliphatic rings. The van der Waals surface area contributed by atoms with Crippen molar-refractivity contribution in [3.05, 3.63) is 48.0 Å². The number of piperidine rings is 1. The number of fused-ring (bicyclic) bond motifs is 3. The minimum atomic E-state index is -1.37. The van der Waals surface area contributed by atoms with E-state index < -0.39 is 5.06 Å². The van der Waals surface area contributed by atoms with Crippen molar-refractivity contribution in [1.29, 1.82) is 0 Å². The first-order valence-corrected chi connectivity index (χ1v) is 8.58. The molecular formula is C19H20ClNO2. The van der Waals surface area contributed by atoms with Gasteiger partial charge in [-0.3, -0.25) is 0 Å². The molecular weight excluding hydrogens is 310 g/mol. The largest absolute Gasteiger partial charge is 0.456 e. The SMILES string of the molecule is OC(Cl)(CC1CCCCN1)c1ccc2c(c1)oc1ccccc12. The van der Waals surface area contributed by atoms with Crippen molar-refractivity contribution in [2.24, 2.45) is 0 Å². The Morgan fingerprint density at radius 1 is 1.13 bits per heavy atom. The third kappa shape index (κ3) is 2.85. The summed E-state index contributed by atoms with van der Waals surface area (Å²) in [6.45, 7) is 1.00. The van der Waals surface area contributed by atoms with Crippen LogP contribution in [0.25, 0.3) is 21.9 Å². The highest BCUT2D eigenvalue weighted by molar-refractivity contribution is 6.23. The third-order valence-corrected chi connectivity index (χ3v) is 5.12. The molecule has 0 bridgehead atoms. The first kappa shape index (κ1) is 15.0. The molecule has 23 heavy (non-hydrogen) atoms. The maximum Gasteiger partial charge on any atom is 0.165 e. The summed E-state index contributed by atoms with van der Waals surface area (Å²) in [6.07, 6.45) is 3.94. The van der Waals surface area contributed by atoms with E-state index >= 15 is 0 Å². The monoisotopic (exact) mass is 329 g/mol. The van der Waals surface area contributed by atoms with Gasteiger partial charge < -0.3 is 14.8 Å². The summed E-state index contributed by atoms with van der Waals surface area (Å²) in [5.41, 5.74) is 2.31. The Hall–Kier alpha value is -1.55. The highest BCUT2D eigenvalue weighted by Gasteiger charge is 2.31. The lowest BCUT2D eigenvalue weighted by Gasteiger charge is -2.30. The summed E-state index contributed by atoms with van der Waals surface area (Å²) in [6, 6.07) is 14.0. The van der Waals surface area contributed by atoms with Crippen LogP contribution in [0.1, 0.15) is 31.2 Å². The van der Waals surface area contributed by atoms with E-state index in [0.717, 1.165) is 34.9 Å². The predicted octanol–water partition coefficient (Wildman–Crippen LogP) is 4.50. The van der Waals surface area contributed by atoms with Crippen molar-refractivity contribution in [2.45, 2.75) is 36.8 Å². The van der Waals surface area contributed by atoms with Gasteiger partial charge >= 0.3 is 0 Å². The molecule has 4 heteroatoms. The van der Waals surface area contributed by atoms with Gasteiger partial charge in [-0.1, -0.05) is 48.4 Å². The van der Waals surface area contributed by atoms with Crippen molar-refractivity contribution in [3.63, 3.8) is 0 Å². The summed E-state index contributed by atoms with van der Waals surface area (Å²) in [4.78, 5) is 0. The fourth-order valence-corrected chi connectivity index (χ4v) is 3.81. The van der Waals surface area contributed by atoms with Crippen LogP contribution in [0.4, 0.5) is 0 Å². The highest BCUT2D eigenvalue weighted by atomic mass is 35.5. The number of hydrogen-bond donors (Lipinski definition) is 2. The lowest BCUT2D eigenvalue weighted by atomic mass is 9.95. The van der Waals surface area contributed by atoms with Crippen molar-refractivity contribution >= 4 is 33.5 Å². The Morgan fingerprint density at radius 2 is 1.96 bits per heavy atom. The Kier molecular flexibility index (Phi) is 3.80. The molecule has 0 radical (unpaired) electrons. The number of para-hydroxylation sites is 1. The normalized spacial score (nSPS) is 21.6. The second-order valence-corrected chi connectivity index (χ2v) is 7.04. The van der Waals surface area contributed by atoms with Crippen LogP contribution in [0.2, 0.25) is 0 Å². The fourth-order valence-electron chi connectivity index (χ4n) is 3.51. The van der Waals surface area contributed by atoms with Gasteiger partial charge in [-0.05, 0) is 31.5 Å². The minimum absolute atomic E-state index is 0.262. The van der Waals surface area contributed by atoms with Gasteiger partial charge in [0.25, 0.3) is 0 Å². The fraction of sp³-hybridized carbons (Fsp3) is 0.368. The molecule has 3 nitrogen and oxygen atoms in total. The van der Waals surface area contributed by atoms with Gasteiger partial charge in [0, 0.05) is 28.8 Å². The second-order valence-electron chi connectivity index (χ2n) is 6.42. The van der Waals surface area contributed by atoms with Crippen molar-refractivity contribution in [3.8, 4) is 0 Å². The van der Waals surface area contributed by atoms with Gasteiger partial charge in [0.05, 0.1) is 0 Å². The van der Waals surface area contributed by atoms with Crippen molar-refractivity contribution in [1.82, 2.24) is 5.32 Å². The molecule has 2 unspecified atom stereocenters. The molecule has 1 aliphatic heterocycles. The average Bonchev–Trinajstić information content (AvgIpc) is 2.93. The second kappa shape index (κ2) is 5.82. The smallest absolute Gasteiger partial charge is 0.165 e. The van der Waals surface area contributed by atoms with Crippen LogP contribution in [0.5, 0.6) is 0 Å². The van der Waals surface area contributed by atoms with Gasteiger partial charge in [-0.15, -0.1) is 0 Å². The molecule has 2 N–H and O–H groups in total. The van der Waals surface area contributed by atoms with Crippen LogP contribution >= 0.6 is 11.6 Å². The van der Waals surface area contributed by atoms with Gasteiger partial charge in [0.1, 0.15) is 11.2 Å². The topological polar surface area (TPSA) is 45.4 Å². The van der Waals surface area contributed by atoms with Crippen molar-refractivity contribution < 1.29 is 9.52 Å². The summed E-state index contributed by atoms with van der Waals surface area (Å²) < 4.78 is 5.89. The quantitative estimate of drug-likeness (QED) is 0.695. The predicted molar refractivity (Wildman–Crippen MR) is 93.7 cm³/mol. The van der Waals surface area contributed by atoms with E-state index in [1.807, 2.05) is 42.5 Å². The molecule has 0 saturated carbocycles. The van der Waals surface area contributed by atoms with Crippen LogP contribution in [-0.4, -0.2) is 17.7 Å². The number of halogens is 1. The summed E-state index contributed by atoms with van der Waals surface area (Å²) >= 11 is 6.47. The van der Waals surface area contributed by atoms with Crippen LogP contribution in [0, 0.1) is 0 Å². The zero-order valence-corrected chi connectivity index (χ0v) is 13.6. The molecule has 0 amide bonds. The maximum absolute atomic E-state index is 10.8. The first-order valence-electron chi connectivity index (χ1n) is 8.20. The average molecular weight is 330 g/mol. The Balaban J connectivity index is 1.68. The van der Waals surface area contributed by atoms with Crippen molar-refractivity contribution in [2.75, 3.05) is 6.54 Å². The van der Waals surface area contributed by atoms with Crippen LogP contribution in [0.3, 0.4) is 0 Å². The molecule has 120 valence electrons. The van der Waals surface area contributed by atoms with Gasteiger partial charge in [-0.2, -0.15) is 0 Å². The number of furan rings is 1. The van der Waals surface area contributed by atoms with Crippen LogP contribution < -0.4 is 5.32 Å². The molecule has 3 aromatic rings. The number of nitrogens with one attached hydrogen (secondary N) is 1. The third-order valence-electron chi connectivity index (χ3n) is 4.75. The van der Waals surface area contributed by atoms with E-state index in [-0.39, 0.29) is 6.04 Å². The molecule has 0 spiro atoms. The molecule has 1 fully saturated rings. The van der Waals surface area contributed by atoms with E-state index in [1.54, 1.807) is 0 Å². The maximum atomic E-state index is 10.8. The number of hydrogen-bond acceptors (Lipinski definition) is 3. The number of rotatable bonds is 3. The molecule has 2 atom stereocenters. The minimum Gasteiger partial charge on any atom is -0.456 e. The molecule has 1 aromatic heterocycles. The zero-order valence-electron chi connectivity index (χ0n) is 12.9. The highest BCUT2D eigenvalue weighted by Crippen LogP contribution is 2.36. The first-order chi connectivity index (χ1) is 11.1. The molecule has 2 heterocycles. The molecule has 4 rings (SSSR count). The molecule has 0 aliphatic carbocycles. The van der Waals surface area contributed by atoms with E-state index in [1.165, 1.54) is 12.8 Å². The van der Waals surface area contributed by atoms with Crippen LogP contribution in [-0.2, 0) is 5.06 Å². The van der Waals surface area contributed by atoms with E-state index in [4.69, 9.17) is 16.0 Å². The Morgan fingerprint density at radius 3 is 2.78 bits per heavy atom. The number of benzene rings is 2. The lowest BCUT2D eigenvalue weighted by Crippen LogP contribution is -2.38. The number of aliphatic hydroxyl groups is 1. The summed E-state index contributed by atoms with van der Waals surface area (Å²) in [5, 5.41) is 15.0. The van der Waals surface area contributed by atoms with Gasteiger partial charge in [0.15, 0.2) is 5.06 Å². The zero-order chi connectivity index (χ0) is 15.9. The van der Waals surface area contributed by atoms with Gasteiger partial charge in [0.2, 0.25) is 0 Å². The number of alkyl halides is 1. The van der Waals surface area contributed by atoms with E-state index in [2.05, 4.69) is 5.32 Å². The van der Waals surface area contributed by atoms with Crippen LogP contribution in [0.15, 0.2) is 46.9 Å². The Bertz CT molecular complexity index is 834. The van der Waals surface area contributed by atoms with E-state index in [9.17, 15) is 5.11 Å². The Labute approximate surface area is 140 Å².